The van der Waals surface area contributed by atoms with Gasteiger partial charge in [0.1, 0.15) is 11.6 Å². The van der Waals surface area contributed by atoms with Crippen LogP contribution in [0.5, 0.6) is 0 Å². The number of aromatic nitrogens is 2. The van der Waals surface area contributed by atoms with Crippen LogP contribution in [0.4, 0.5) is 14.5 Å². The van der Waals surface area contributed by atoms with Gasteiger partial charge >= 0.3 is 0 Å². The molecule has 2 heterocycles. The highest BCUT2D eigenvalue weighted by atomic mass is 35.5. The molecule has 32 heavy (non-hydrogen) atoms. The number of carbonyl (C=O) groups excluding carboxylic acids is 1. The number of hydrogen-bond donors (Lipinski definition) is 1. The maximum absolute atomic E-state index is 13.4. The molecule has 1 aliphatic heterocycles. The summed E-state index contributed by atoms with van der Waals surface area (Å²) < 4.78 is 55.8. The number of nitrogens with zero attached hydrogens (tertiary/aromatic N) is 3. The lowest BCUT2D eigenvalue weighted by Crippen LogP contribution is -2.32. The van der Waals surface area contributed by atoms with E-state index in [1.54, 1.807) is 7.05 Å². The molecule has 1 N–H and O–H groups in total. The van der Waals surface area contributed by atoms with Crippen LogP contribution >= 0.6 is 11.6 Å². The third-order valence-electron chi connectivity index (χ3n) is 5.39. The summed E-state index contributed by atoms with van der Waals surface area (Å²) in [5.74, 6) is -2.82. The highest BCUT2D eigenvalue weighted by Gasteiger charge is 2.44. The van der Waals surface area contributed by atoms with Gasteiger partial charge in [-0.05, 0) is 35.9 Å². The Morgan fingerprint density at radius 2 is 1.88 bits per heavy atom. The highest BCUT2D eigenvalue weighted by molar-refractivity contribution is 7.89. The fraction of sp³-hybridized carbons (Fsp3) is 0.238. The summed E-state index contributed by atoms with van der Waals surface area (Å²) in [4.78, 5) is 17.0. The predicted octanol–water partition coefficient (Wildman–Crippen LogP) is 3.39. The molecule has 1 aromatic heterocycles. The smallest absolute Gasteiger partial charge is 0.262 e. The first-order chi connectivity index (χ1) is 15.1. The van der Waals surface area contributed by atoms with Gasteiger partial charge in [-0.25, -0.2) is 22.2 Å². The van der Waals surface area contributed by atoms with E-state index in [0.717, 1.165) is 6.07 Å². The van der Waals surface area contributed by atoms with Crippen molar-refractivity contribution in [1.29, 1.82) is 0 Å². The van der Waals surface area contributed by atoms with Gasteiger partial charge < -0.3 is 9.88 Å². The second-order valence-electron chi connectivity index (χ2n) is 7.58. The molecule has 0 saturated carbocycles. The van der Waals surface area contributed by atoms with Gasteiger partial charge in [0.2, 0.25) is 5.91 Å². The molecule has 11 heteroatoms. The Balaban J connectivity index is 1.64. The third-order valence-corrected chi connectivity index (χ3v) is 7.40. The van der Waals surface area contributed by atoms with Crippen LogP contribution in [0, 0.1) is 17.6 Å². The quantitative estimate of drug-likeness (QED) is 0.606. The Hall–Kier alpha value is -2.82. The largest absolute Gasteiger partial charge is 0.339 e. The summed E-state index contributed by atoms with van der Waals surface area (Å²) in [6.07, 6.45) is 2.76. The summed E-state index contributed by atoms with van der Waals surface area (Å²) in [5, 5.41) is 2.40. The Morgan fingerprint density at radius 3 is 2.50 bits per heavy atom. The molecule has 7 nitrogen and oxygen atoms in total. The molecule has 2 unspecified atom stereocenters. The van der Waals surface area contributed by atoms with Crippen molar-refractivity contribution in [2.75, 3.05) is 18.4 Å². The van der Waals surface area contributed by atoms with Crippen LogP contribution in [-0.4, -0.2) is 41.3 Å². The first-order valence-corrected chi connectivity index (χ1v) is 11.5. The zero-order valence-electron chi connectivity index (χ0n) is 16.9. The van der Waals surface area contributed by atoms with Gasteiger partial charge in [-0.15, -0.1) is 0 Å². The molecule has 1 saturated heterocycles. The number of aryl methyl sites for hydroxylation is 1. The minimum atomic E-state index is -3.94. The van der Waals surface area contributed by atoms with Crippen LogP contribution in [0.2, 0.25) is 5.02 Å². The van der Waals surface area contributed by atoms with E-state index in [1.807, 2.05) is 0 Å². The maximum atomic E-state index is 13.4. The summed E-state index contributed by atoms with van der Waals surface area (Å²) >= 11 is 5.79. The Kier molecular flexibility index (Phi) is 6.02. The second-order valence-corrected chi connectivity index (χ2v) is 9.87. The Labute approximate surface area is 188 Å². The normalized spacial score (nSPS) is 19.2. The maximum Gasteiger partial charge on any atom is 0.262 e. The van der Waals surface area contributed by atoms with Gasteiger partial charge in [0.05, 0.1) is 17.3 Å². The summed E-state index contributed by atoms with van der Waals surface area (Å²) in [6, 6.07) is 9.36. The van der Waals surface area contributed by atoms with E-state index in [9.17, 15) is 22.0 Å². The van der Waals surface area contributed by atoms with E-state index < -0.39 is 39.4 Å². The Morgan fingerprint density at radius 1 is 1.16 bits per heavy atom. The number of halogens is 3. The molecule has 2 atom stereocenters. The van der Waals surface area contributed by atoms with Gasteiger partial charge in [0.25, 0.3) is 10.0 Å². The van der Waals surface area contributed by atoms with Crippen molar-refractivity contribution in [2.45, 2.75) is 10.9 Å². The molecular weight excluding hydrogens is 462 g/mol. The SMILES string of the molecule is Cn1cnc(S(=O)(=O)N2CC(C(=O)Nc3ccc(F)c(Cl)c3)C(c3ccc(F)cc3)C2)c1. The Bertz CT molecular complexity index is 1260. The highest BCUT2D eigenvalue weighted by Crippen LogP contribution is 2.36. The number of hydrogen-bond acceptors (Lipinski definition) is 4. The molecule has 3 aromatic rings. The van der Waals surface area contributed by atoms with Crippen molar-refractivity contribution in [2.24, 2.45) is 13.0 Å². The van der Waals surface area contributed by atoms with Crippen molar-refractivity contribution >= 4 is 33.2 Å². The van der Waals surface area contributed by atoms with Crippen LogP contribution in [0.1, 0.15) is 11.5 Å². The number of rotatable bonds is 5. The molecule has 0 aliphatic carbocycles. The monoisotopic (exact) mass is 480 g/mol. The first-order valence-electron chi connectivity index (χ1n) is 9.64. The lowest BCUT2D eigenvalue weighted by atomic mass is 9.88. The average molecular weight is 481 g/mol. The van der Waals surface area contributed by atoms with Crippen molar-refractivity contribution in [3.63, 3.8) is 0 Å². The molecule has 1 fully saturated rings. The number of carbonyl (C=O) groups is 1. The number of benzene rings is 2. The lowest BCUT2D eigenvalue weighted by molar-refractivity contribution is -0.119. The van der Waals surface area contributed by atoms with Crippen LogP contribution in [0.25, 0.3) is 0 Å². The average Bonchev–Trinajstić information content (AvgIpc) is 3.39. The topological polar surface area (TPSA) is 84.3 Å². The molecular formula is C21H19ClF2N4O3S. The fourth-order valence-electron chi connectivity index (χ4n) is 3.74. The van der Waals surface area contributed by atoms with Gasteiger partial charge in [-0.2, -0.15) is 4.31 Å². The molecule has 0 spiro atoms. The van der Waals surface area contributed by atoms with Crippen LogP contribution in [-0.2, 0) is 21.9 Å². The van der Waals surface area contributed by atoms with Crippen LogP contribution < -0.4 is 5.32 Å². The van der Waals surface area contributed by atoms with Crippen molar-refractivity contribution in [3.05, 3.63) is 77.2 Å². The van der Waals surface area contributed by atoms with E-state index in [0.29, 0.717) is 5.56 Å². The van der Waals surface area contributed by atoms with Gasteiger partial charge in [0.15, 0.2) is 5.03 Å². The lowest BCUT2D eigenvalue weighted by Gasteiger charge is -2.18. The number of anilines is 1. The standard InChI is InChI=1S/C21H19ClF2N4O3S/c1-27-11-20(25-12-27)32(30,31)28-9-16(13-2-4-14(23)5-3-13)17(10-28)21(29)26-15-6-7-19(24)18(22)8-15/h2-8,11-12,16-17H,9-10H2,1H3,(H,26,29). The molecule has 0 radical (unpaired) electrons. The van der Waals surface area contributed by atoms with E-state index in [4.69, 9.17) is 11.6 Å². The van der Waals surface area contributed by atoms with E-state index in [2.05, 4.69) is 10.3 Å². The minimum Gasteiger partial charge on any atom is -0.339 e. The van der Waals surface area contributed by atoms with Crippen LogP contribution in [0.3, 0.4) is 0 Å². The molecule has 168 valence electrons. The molecule has 4 rings (SSSR count). The second kappa shape index (κ2) is 8.61. The fourth-order valence-corrected chi connectivity index (χ4v) is 5.38. The molecule has 1 amide bonds. The molecule has 0 bridgehead atoms. The molecule has 1 aliphatic rings. The predicted molar refractivity (Wildman–Crippen MR) is 115 cm³/mol. The van der Waals surface area contributed by atoms with Crippen LogP contribution in [0.15, 0.2) is 60.0 Å². The summed E-state index contributed by atoms with van der Waals surface area (Å²) in [7, 11) is -2.29. The summed E-state index contributed by atoms with van der Waals surface area (Å²) in [6.45, 7) is -0.0749. The minimum absolute atomic E-state index is 0.0206. The summed E-state index contributed by atoms with van der Waals surface area (Å²) in [5.41, 5.74) is 0.910. The van der Waals surface area contributed by atoms with Crippen molar-refractivity contribution in [3.8, 4) is 0 Å². The van der Waals surface area contributed by atoms with E-state index in [-0.39, 0.29) is 28.8 Å². The first kappa shape index (κ1) is 22.4. The third kappa shape index (κ3) is 4.38. The number of sulfonamides is 1. The molecule has 2 aromatic carbocycles. The number of nitrogens with one attached hydrogen (secondary N) is 1. The van der Waals surface area contributed by atoms with Gasteiger partial charge in [-0.3, -0.25) is 4.79 Å². The van der Waals surface area contributed by atoms with Gasteiger partial charge in [0, 0.05) is 37.9 Å². The zero-order valence-corrected chi connectivity index (χ0v) is 18.4. The van der Waals surface area contributed by atoms with E-state index in [1.165, 1.54) is 57.8 Å². The zero-order chi connectivity index (χ0) is 23.0. The van der Waals surface area contributed by atoms with E-state index >= 15 is 0 Å². The number of imidazole rings is 1. The van der Waals surface area contributed by atoms with Crippen molar-refractivity contribution in [1.82, 2.24) is 13.9 Å². The number of amides is 1. The van der Waals surface area contributed by atoms with Crippen molar-refractivity contribution < 1.29 is 22.0 Å². The van der Waals surface area contributed by atoms with Gasteiger partial charge in [-0.1, -0.05) is 23.7 Å².